The highest BCUT2D eigenvalue weighted by molar-refractivity contribution is 5.72. The number of likely N-dealkylation sites (tertiary alicyclic amines) is 1. The maximum absolute atomic E-state index is 11.8. The van der Waals surface area contributed by atoms with E-state index in [1.165, 1.54) is 18.1 Å². The first kappa shape index (κ1) is 20.5. The molecule has 2 aromatic rings. The van der Waals surface area contributed by atoms with E-state index >= 15 is 0 Å². The number of likely N-dealkylation sites (N-methyl/N-ethyl adjacent to an activating group) is 1. The van der Waals surface area contributed by atoms with Crippen LogP contribution in [-0.2, 0) is 28.0 Å². The largest absolute Gasteiger partial charge is 0.482 e. The van der Waals surface area contributed by atoms with Crippen LogP contribution in [0.5, 0.6) is 11.5 Å². The molecule has 4 aliphatic rings. The number of nitrogens with zero attached hydrogens (tertiary/aromatic N) is 2. The van der Waals surface area contributed by atoms with Crippen molar-refractivity contribution in [3.63, 3.8) is 0 Å². The maximum atomic E-state index is 11.8. The molecule has 2 heterocycles. The minimum atomic E-state index is -0.345. The van der Waals surface area contributed by atoms with Crippen LogP contribution in [0.4, 0.5) is 0 Å². The monoisotopic (exact) mass is 442 g/mol. The third kappa shape index (κ3) is 2.96. The summed E-state index contributed by atoms with van der Waals surface area (Å²) in [5.74, 6) is 1.21. The molecule has 6 nitrogen and oxygen atoms in total. The van der Waals surface area contributed by atoms with Crippen molar-refractivity contribution in [3.8, 4) is 17.6 Å². The van der Waals surface area contributed by atoms with E-state index in [0.29, 0.717) is 29.9 Å². The number of esters is 1. The zero-order valence-corrected chi connectivity index (χ0v) is 18.8. The van der Waals surface area contributed by atoms with E-state index in [2.05, 4.69) is 36.2 Å². The molecule has 0 unspecified atom stereocenters. The SMILES string of the molecule is CC(=O)Oc1ccc2c3c1O[C@H]1[C@@H](OCc4ccc(C#N)cc4)C=C[C@H]4[C@@H](C2)N(C)CC[C@@]341. The van der Waals surface area contributed by atoms with Crippen LogP contribution in [0.15, 0.2) is 48.6 Å². The number of ether oxygens (including phenoxy) is 3. The van der Waals surface area contributed by atoms with Gasteiger partial charge in [0.1, 0.15) is 12.2 Å². The predicted octanol–water partition coefficient (Wildman–Crippen LogP) is 3.51. The second-order valence-corrected chi connectivity index (χ2v) is 9.60. The van der Waals surface area contributed by atoms with Gasteiger partial charge in [-0.05, 0) is 55.8 Å². The van der Waals surface area contributed by atoms with E-state index in [0.717, 1.165) is 30.7 Å². The van der Waals surface area contributed by atoms with Crippen molar-refractivity contribution in [1.29, 1.82) is 5.26 Å². The third-order valence-corrected chi connectivity index (χ3v) is 7.89. The van der Waals surface area contributed by atoms with Crippen LogP contribution in [0.2, 0.25) is 0 Å². The van der Waals surface area contributed by atoms with E-state index in [9.17, 15) is 4.79 Å². The molecule has 1 spiro atoms. The standard InChI is InChI=1S/C27H26N2O4/c1-16(30)32-22-9-7-19-13-21-20-8-10-23(31-15-18-5-3-17(14-28)4-6-18)26-27(20,11-12-29(21)2)24(19)25(22)33-26/h3-10,20-21,23,26H,11-13,15H2,1-2H3/t20-,21+,23-,26-,27-/m0/s1. The van der Waals surface area contributed by atoms with Gasteiger partial charge in [-0.1, -0.05) is 30.4 Å². The van der Waals surface area contributed by atoms with Crippen molar-refractivity contribution in [3.05, 3.63) is 70.8 Å². The average Bonchev–Trinajstić information content (AvgIpc) is 3.17. The Balaban J connectivity index is 1.38. The molecule has 2 bridgehead atoms. The lowest BCUT2D eigenvalue weighted by molar-refractivity contribution is -0.132. The Kier molecular flexibility index (Phi) is 4.62. The summed E-state index contributed by atoms with van der Waals surface area (Å²) in [6, 6.07) is 14.0. The quantitative estimate of drug-likeness (QED) is 0.410. The highest BCUT2D eigenvalue weighted by Crippen LogP contribution is 2.62. The number of hydrogen-bond acceptors (Lipinski definition) is 6. The molecule has 2 aliphatic carbocycles. The normalized spacial score (nSPS) is 30.8. The summed E-state index contributed by atoms with van der Waals surface area (Å²) in [5, 5.41) is 9.04. The molecule has 0 N–H and O–H groups in total. The van der Waals surface area contributed by atoms with E-state index in [1.807, 2.05) is 30.3 Å². The van der Waals surface area contributed by atoms with Crippen LogP contribution < -0.4 is 9.47 Å². The Hall–Kier alpha value is -3.14. The first-order valence-electron chi connectivity index (χ1n) is 11.5. The first-order chi connectivity index (χ1) is 16.0. The van der Waals surface area contributed by atoms with Crippen LogP contribution in [0, 0.1) is 17.2 Å². The fraction of sp³-hybridized carbons (Fsp3) is 0.407. The van der Waals surface area contributed by atoms with Gasteiger partial charge in [-0.25, -0.2) is 0 Å². The second kappa shape index (κ2) is 7.44. The van der Waals surface area contributed by atoms with Crippen molar-refractivity contribution in [2.45, 2.75) is 50.0 Å². The highest BCUT2D eigenvalue weighted by Gasteiger charge is 2.64. The topological polar surface area (TPSA) is 71.8 Å². The van der Waals surface area contributed by atoms with Crippen molar-refractivity contribution in [2.24, 2.45) is 5.92 Å². The Labute approximate surface area is 193 Å². The van der Waals surface area contributed by atoms with Gasteiger partial charge in [-0.15, -0.1) is 0 Å². The Morgan fingerprint density at radius 3 is 2.82 bits per heavy atom. The smallest absolute Gasteiger partial charge is 0.308 e. The molecule has 0 saturated carbocycles. The molecule has 1 saturated heterocycles. The molecule has 5 atom stereocenters. The summed E-state index contributed by atoms with van der Waals surface area (Å²) in [5.41, 5.74) is 3.98. The number of carbonyl (C=O) groups is 1. The second-order valence-electron chi connectivity index (χ2n) is 9.60. The molecule has 168 valence electrons. The van der Waals surface area contributed by atoms with Gasteiger partial charge in [0.05, 0.1) is 18.2 Å². The predicted molar refractivity (Wildman–Crippen MR) is 121 cm³/mol. The molecule has 6 heteroatoms. The van der Waals surface area contributed by atoms with Crippen molar-refractivity contribution >= 4 is 5.97 Å². The first-order valence-corrected chi connectivity index (χ1v) is 11.5. The summed E-state index contributed by atoms with van der Waals surface area (Å²) in [7, 11) is 2.21. The molecule has 2 aromatic carbocycles. The molecular formula is C27H26N2O4. The fourth-order valence-corrected chi connectivity index (χ4v) is 6.46. The molecule has 0 amide bonds. The summed E-state index contributed by atoms with van der Waals surface area (Å²) in [6.07, 6.45) is 6.03. The number of piperidine rings is 1. The van der Waals surface area contributed by atoms with E-state index in [-0.39, 0.29) is 23.6 Å². The number of benzene rings is 2. The van der Waals surface area contributed by atoms with Gasteiger partial charge >= 0.3 is 5.97 Å². The molecule has 6 rings (SSSR count). The summed E-state index contributed by atoms with van der Waals surface area (Å²) in [4.78, 5) is 14.2. The van der Waals surface area contributed by atoms with Gasteiger partial charge in [0.25, 0.3) is 0 Å². The van der Waals surface area contributed by atoms with Gasteiger partial charge in [0.2, 0.25) is 0 Å². The average molecular weight is 443 g/mol. The van der Waals surface area contributed by atoms with Gasteiger partial charge in [0, 0.05) is 29.9 Å². The van der Waals surface area contributed by atoms with Crippen LogP contribution >= 0.6 is 0 Å². The maximum Gasteiger partial charge on any atom is 0.308 e. The van der Waals surface area contributed by atoms with Crippen LogP contribution in [-0.4, -0.2) is 42.7 Å². The zero-order chi connectivity index (χ0) is 22.7. The lowest BCUT2D eigenvalue weighted by Gasteiger charge is -2.56. The van der Waals surface area contributed by atoms with Gasteiger partial charge < -0.3 is 19.1 Å². The lowest BCUT2D eigenvalue weighted by atomic mass is 9.53. The highest BCUT2D eigenvalue weighted by atomic mass is 16.6. The third-order valence-electron chi connectivity index (χ3n) is 7.89. The van der Waals surface area contributed by atoms with E-state index in [1.54, 1.807) is 0 Å². The summed E-state index contributed by atoms with van der Waals surface area (Å²) < 4.78 is 18.6. The molecular weight excluding hydrogens is 416 g/mol. The summed E-state index contributed by atoms with van der Waals surface area (Å²) >= 11 is 0. The minimum absolute atomic E-state index is 0.173. The van der Waals surface area contributed by atoms with E-state index in [4.69, 9.17) is 19.5 Å². The van der Waals surface area contributed by atoms with E-state index < -0.39 is 0 Å². The molecule has 0 aromatic heterocycles. The van der Waals surface area contributed by atoms with Gasteiger partial charge in [-0.3, -0.25) is 4.79 Å². The van der Waals surface area contributed by atoms with Crippen LogP contribution in [0.25, 0.3) is 0 Å². The van der Waals surface area contributed by atoms with Crippen LogP contribution in [0.3, 0.4) is 0 Å². The Morgan fingerprint density at radius 2 is 2.06 bits per heavy atom. The lowest BCUT2D eigenvalue weighted by Crippen LogP contribution is -2.65. The number of nitriles is 1. The molecule has 33 heavy (non-hydrogen) atoms. The molecule has 0 radical (unpaired) electrons. The van der Waals surface area contributed by atoms with Crippen molar-refractivity contribution < 1.29 is 19.0 Å². The van der Waals surface area contributed by atoms with Crippen molar-refractivity contribution in [2.75, 3.05) is 13.6 Å². The summed E-state index contributed by atoms with van der Waals surface area (Å²) in [6.45, 7) is 2.85. The molecule has 1 fully saturated rings. The minimum Gasteiger partial charge on any atom is -0.482 e. The Bertz CT molecular complexity index is 1200. The fourth-order valence-electron chi connectivity index (χ4n) is 6.46. The zero-order valence-electron chi connectivity index (χ0n) is 18.8. The number of rotatable bonds is 4. The Morgan fingerprint density at radius 1 is 1.24 bits per heavy atom. The van der Waals surface area contributed by atoms with Crippen molar-refractivity contribution in [1.82, 2.24) is 4.90 Å². The van der Waals surface area contributed by atoms with Gasteiger partial charge in [-0.2, -0.15) is 5.26 Å². The van der Waals surface area contributed by atoms with Gasteiger partial charge in [0.15, 0.2) is 11.5 Å². The number of carbonyl (C=O) groups excluding carboxylic acids is 1. The van der Waals surface area contributed by atoms with Crippen LogP contribution in [0.1, 0.15) is 35.6 Å². The number of hydrogen-bond donors (Lipinski definition) is 0. The molecule has 2 aliphatic heterocycles.